The van der Waals surface area contributed by atoms with Crippen molar-refractivity contribution in [1.82, 2.24) is 9.97 Å². The Kier molecular flexibility index (Phi) is 4.70. The molecular formula is C19H22N2O2. The van der Waals surface area contributed by atoms with Crippen LogP contribution in [0.1, 0.15) is 44.4 Å². The van der Waals surface area contributed by atoms with E-state index in [1.54, 1.807) is 19.1 Å². The molecule has 1 aliphatic rings. The first-order valence-corrected chi connectivity index (χ1v) is 8.35. The molecule has 1 atom stereocenters. The molecule has 0 radical (unpaired) electrons. The number of benzene rings is 1. The van der Waals surface area contributed by atoms with Crippen molar-refractivity contribution in [3.8, 4) is 17.1 Å². The van der Waals surface area contributed by atoms with E-state index in [9.17, 15) is 4.79 Å². The van der Waals surface area contributed by atoms with Gasteiger partial charge in [-0.15, -0.1) is 0 Å². The minimum absolute atomic E-state index is 0.228. The molecule has 0 saturated heterocycles. The lowest BCUT2D eigenvalue weighted by Gasteiger charge is -2.22. The first kappa shape index (κ1) is 15.7. The Bertz CT molecular complexity index is 695. The maximum atomic E-state index is 11.3. The molecule has 0 aliphatic heterocycles. The lowest BCUT2D eigenvalue weighted by Crippen LogP contribution is -2.15. The van der Waals surface area contributed by atoms with Gasteiger partial charge in [-0.05, 0) is 55.0 Å². The first-order chi connectivity index (χ1) is 11.2. The van der Waals surface area contributed by atoms with Gasteiger partial charge in [-0.1, -0.05) is 20.3 Å². The van der Waals surface area contributed by atoms with Crippen LogP contribution < -0.4 is 4.74 Å². The molecular weight excluding hydrogens is 288 g/mol. The molecule has 1 aromatic heterocycles. The monoisotopic (exact) mass is 310 g/mol. The van der Waals surface area contributed by atoms with Crippen LogP contribution in [-0.4, -0.2) is 15.9 Å². The Labute approximate surface area is 136 Å². The number of hydrogen-bond acceptors (Lipinski definition) is 4. The van der Waals surface area contributed by atoms with E-state index in [0.717, 1.165) is 30.1 Å². The molecule has 0 fully saturated rings. The van der Waals surface area contributed by atoms with Crippen molar-refractivity contribution in [3.05, 3.63) is 41.7 Å². The van der Waals surface area contributed by atoms with Crippen molar-refractivity contribution in [2.45, 2.75) is 46.0 Å². The van der Waals surface area contributed by atoms with Crippen molar-refractivity contribution >= 4 is 5.97 Å². The summed E-state index contributed by atoms with van der Waals surface area (Å²) < 4.78 is 5.19. The summed E-state index contributed by atoms with van der Waals surface area (Å²) in [4.78, 5) is 20.6. The molecule has 1 aliphatic carbocycles. The zero-order chi connectivity index (χ0) is 16.2. The van der Waals surface area contributed by atoms with Gasteiger partial charge in [0, 0.05) is 23.9 Å². The Morgan fingerprint density at radius 3 is 2.74 bits per heavy atom. The van der Waals surface area contributed by atoms with Crippen LogP contribution in [0.15, 0.2) is 30.5 Å². The second kappa shape index (κ2) is 6.90. The van der Waals surface area contributed by atoms with Gasteiger partial charge in [0.25, 0.3) is 0 Å². The van der Waals surface area contributed by atoms with Crippen LogP contribution in [0, 0.1) is 5.92 Å². The average molecular weight is 310 g/mol. The molecule has 120 valence electrons. The number of nitrogens with zero attached hydrogens (tertiary/aromatic N) is 2. The summed E-state index contributed by atoms with van der Waals surface area (Å²) in [6, 6.07) is 7.38. The zero-order valence-electron chi connectivity index (χ0n) is 13.7. The van der Waals surface area contributed by atoms with Crippen molar-refractivity contribution in [3.63, 3.8) is 0 Å². The number of aromatic nitrogens is 2. The Morgan fingerprint density at radius 1 is 1.26 bits per heavy atom. The van der Waals surface area contributed by atoms with Gasteiger partial charge in [-0.2, -0.15) is 0 Å². The van der Waals surface area contributed by atoms with Gasteiger partial charge in [0.2, 0.25) is 0 Å². The summed E-state index contributed by atoms with van der Waals surface area (Å²) >= 11 is 0. The lowest BCUT2D eigenvalue weighted by molar-refractivity contribution is -0.134. The molecule has 1 unspecified atom stereocenters. The molecule has 0 spiro atoms. The minimum atomic E-state index is -0.228. The van der Waals surface area contributed by atoms with Gasteiger partial charge in [-0.3, -0.25) is 4.79 Å². The number of aryl methyl sites for hydroxylation is 1. The molecule has 4 heteroatoms. The second-order valence-electron chi connectivity index (χ2n) is 6.03. The Morgan fingerprint density at radius 2 is 2.04 bits per heavy atom. The van der Waals surface area contributed by atoms with Crippen LogP contribution in [0.25, 0.3) is 11.4 Å². The van der Waals surface area contributed by atoms with Crippen LogP contribution in [0.3, 0.4) is 0 Å². The third-order valence-electron chi connectivity index (χ3n) is 4.46. The predicted octanol–water partition coefficient (Wildman–Crippen LogP) is 3.97. The molecule has 0 bridgehead atoms. The summed E-state index contributed by atoms with van der Waals surface area (Å²) in [7, 11) is 0. The van der Waals surface area contributed by atoms with Crippen LogP contribution in [0.2, 0.25) is 0 Å². The normalized spacial score (nSPS) is 16.7. The van der Waals surface area contributed by atoms with Crippen LogP contribution in [0.4, 0.5) is 0 Å². The fraction of sp³-hybridized carbons (Fsp3) is 0.421. The van der Waals surface area contributed by atoms with E-state index in [2.05, 4.69) is 11.9 Å². The van der Waals surface area contributed by atoms with Crippen molar-refractivity contribution in [2.24, 2.45) is 5.92 Å². The predicted molar refractivity (Wildman–Crippen MR) is 89.2 cm³/mol. The van der Waals surface area contributed by atoms with Gasteiger partial charge >= 0.3 is 5.97 Å². The fourth-order valence-electron chi connectivity index (χ4n) is 2.95. The summed E-state index contributed by atoms with van der Waals surface area (Å²) in [6.07, 6.45) is 6.91. The standard InChI is InChI=1S/C19H22N2O2/c1-3-13-5-10-17-15(11-13)12-20-19(21-17)14-6-8-16(9-7-14)23-18(22)4-2/h6-9,12-13H,3-5,10-11H2,1-2H3. The SMILES string of the molecule is CCC(=O)Oc1ccc(-c2ncc3c(n2)CCC(CC)C3)cc1. The van der Waals surface area contributed by atoms with Gasteiger partial charge in [0.05, 0.1) is 0 Å². The topological polar surface area (TPSA) is 52.1 Å². The molecule has 0 amide bonds. The van der Waals surface area contributed by atoms with E-state index in [-0.39, 0.29) is 5.97 Å². The number of hydrogen-bond donors (Lipinski definition) is 0. The molecule has 1 aromatic carbocycles. The molecule has 1 heterocycles. The lowest BCUT2D eigenvalue weighted by atomic mass is 9.86. The zero-order valence-corrected chi connectivity index (χ0v) is 13.7. The van der Waals surface area contributed by atoms with Crippen LogP contribution >= 0.6 is 0 Å². The summed E-state index contributed by atoms with van der Waals surface area (Å²) in [5.41, 5.74) is 3.42. The number of esters is 1. The van der Waals surface area contributed by atoms with Crippen LogP contribution in [-0.2, 0) is 17.6 Å². The van der Waals surface area contributed by atoms with Gasteiger partial charge in [0.1, 0.15) is 5.75 Å². The molecule has 0 N–H and O–H groups in total. The highest BCUT2D eigenvalue weighted by Gasteiger charge is 2.19. The third kappa shape index (κ3) is 3.58. The number of ether oxygens (including phenoxy) is 1. The molecule has 23 heavy (non-hydrogen) atoms. The van der Waals surface area contributed by atoms with Crippen molar-refractivity contribution in [2.75, 3.05) is 0 Å². The number of carbonyl (C=O) groups excluding carboxylic acids is 1. The Hall–Kier alpha value is -2.23. The fourth-order valence-corrected chi connectivity index (χ4v) is 2.95. The van der Waals surface area contributed by atoms with Crippen molar-refractivity contribution < 1.29 is 9.53 Å². The third-order valence-corrected chi connectivity index (χ3v) is 4.46. The molecule has 4 nitrogen and oxygen atoms in total. The first-order valence-electron chi connectivity index (χ1n) is 8.35. The minimum Gasteiger partial charge on any atom is -0.427 e. The van der Waals surface area contributed by atoms with Gasteiger partial charge < -0.3 is 4.74 Å². The number of fused-ring (bicyclic) bond motifs is 1. The van der Waals surface area contributed by atoms with E-state index < -0.39 is 0 Å². The Balaban J connectivity index is 1.78. The maximum Gasteiger partial charge on any atom is 0.310 e. The summed E-state index contributed by atoms with van der Waals surface area (Å²) in [6.45, 7) is 4.03. The quantitative estimate of drug-likeness (QED) is 0.633. The highest BCUT2D eigenvalue weighted by molar-refractivity contribution is 5.72. The maximum absolute atomic E-state index is 11.3. The number of carbonyl (C=O) groups is 1. The highest BCUT2D eigenvalue weighted by Crippen LogP contribution is 2.28. The smallest absolute Gasteiger partial charge is 0.310 e. The van der Waals surface area contributed by atoms with Crippen molar-refractivity contribution in [1.29, 1.82) is 0 Å². The second-order valence-corrected chi connectivity index (χ2v) is 6.03. The molecule has 3 rings (SSSR count). The molecule has 2 aromatic rings. The average Bonchev–Trinajstić information content (AvgIpc) is 2.61. The van der Waals surface area contributed by atoms with E-state index in [1.807, 2.05) is 18.3 Å². The van der Waals surface area contributed by atoms with Gasteiger partial charge in [0.15, 0.2) is 5.82 Å². The van der Waals surface area contributed by atoms with Gasteiger partial charge in [-0.25, -0.2) is 9.97 Å². The molecule has 0 saturated carbocycles. The largest absolute Gasteiger partial charge is 0.427 e. The summed E-state index contributed by atoms with van der Waals surface area (Å²) in [5, 5.41) is 0. The number of rotatable bonds is 4. The summed E-state index contributed by atoms with van der Waals surface area (Å²) in [5.74, 6) is 1.84. The van der Waals surface area contributed by atoms with E-state index in [0.29, 0.717) is 12.2 Å². The van der Waals surface area contributed by atoms with E-state index in [1.165, 1.54) is 24.1 Å². The van der Waals surface area contributed by atoms with E-state index in [4.69, 9.17) is 9.72 Å². The van der Waals surface area contributed by atoms with Crippen LogP contribution in [0.5, 0.6) is 5.75 Å². The highest BCUT2D eigenvalue weighted by atomic mass is 16.5. The van der Waals surface area contributed by atoms with E-state index >= 15 is 0 Å².